The van der Waals surface area contributed by atoms with E-state index in [1.807, 2.05) is 18.2 Å². The Bertz CT molecular complexity index is 1040. The summed E-state index contributed by atoms with van der Waals surface area (Å²) in [6.07, 6.45) is 1.34. The minimum atomic E-state index is -0.220. The Hall–Kier alpha value is -2.72. The van der Waals surface area contributed by atoms with E-state index in [0.717, 1.165) is 16.9 Å². The lowest BCUT2D eigenvalue weighted by atomic mass is 10.3. The number of rotatable bonds is 7. The van der Waals surface area contributed by atoms with E-state index >= 15 is 0 Å². The van der Waals surface area contributed by atoms with Crippen molar-refractivity contribution >= 4 is 45.0 Å². The number of nitrogens with one attached hydrogen (secondary N) is 1. The number of aryl methyl sites for hydroxylation is 3. The van der Waals surface area contributed by atoms with E-state index in [4.69, 9.17) is 8.94 Å². The van der Waals surface area contributed by atoms with Crippen LogP contribution in [0.15, 0.2) is 44.5 Å². The fraction of sp³-hybridized carbons (Fsp3) is 0.235. The first-order valence-electron chi connectivity index (χ1n) is 8.18. The van der Waals surface area contributed by atoms with Crippen LogP contribution < -0.4 is 5.32 Å². The fourth-order valence-electron chi connectivity index (χ4n) is 2.37. The lowest BCUT2D eigenvalue weighted by molar-refractivity contribution is -0.113. The highest BCUT2D eigenvalue weighted by molar-refractivity contribution is 7.99. The molecule has 3 aromatic heterocycles. The zero-order chi connectivity index (χ0) is 18.6. The molecule has 1 N–H and O–H groups in total. The van der Waals surface area contributed by atoms with Crippen molar-refractivity contribution in [3.63, 3.8) is 0 Å². The molecule has 0 saturated heterocycles. The number of carbonyl (C=O) groups excluding carboxylic acids is 1. The molecule has 0 aliphatic rings. The van der Waals surface area contributed by atoms with Gasteiger partial charge in [-0.1, -0.05) is 29.1 Å². The quantitative estimate of drug-likeness (QED) is 0.469. The van der Waals surface area contributed by atoms with E-state index in [1.165, 1.54) is 16.5 Å². The zero-order valence-electron chi connectivity index (χ0n) is 14.3. The van der Waals surface area contributed by atoms with Crippen LogP contribution in [-0.2, 0) is 17.6 Å². The van der Waals surface area contributed by atoms with Crippen LogP contribution in [0.1, 0.15) is 16.7 Å². The summed E-state index contributed by atoms with van der Waals surface area (Å²) < 4.78 is 11.7. The van der Waals surface area contributed by atoms with Gasteiger partial charge in [-0.3, -0.25) is 4.79 Å². The van der Waals surface area contributed by atoms with Gasteiger partial charge >= 0.3 is 0 Å². The third kappa shape index (κ3) is 4.52. The Kier molecular flexibility index (Phi) is 5.16. The van der Waals surface area contributed by atoms with Crippen LogP contribution in [0.2, 0.25) is 0 Å². The summed E-state index contributed by atoms with van der Waals surface area (Å²) in [4.78, 5) is 16.5. The molecule has 0 radical (unpaired) electrons. The van der Waals surface area contributed by atoms with Crippen LogP contribution in [0.25, 0.3) is 10.2 Å². The number of amides is 1. The maximum atomic E-state index is 11.9. The van der Waals surface area contributed by atoms with Gasteiger partial charge in [0.25, 0.3) is 5.22 Å². The molecule has 10 heteroatoms. The summed E-state index contributed by atoms with van der Waals surface area (Å²) in [6.45, 7) is 1.76. The van der Waals surface area contributed by atoms with Gasteiger partial charge in [0.05, 0.1) is 21.0 Å². The summed E-state index contributed by atoms with van der Waals surface area (Å²) in [6, 6.07) is 9.69. The number of aromatic nitrogens is 4. The standard InChI is InChI=1S/C17H15N5O3S2/c1-10-8-13(22-25-10)19-14(23)9-26-17-21-20-15(24-17)6-7-16-18-11-4-2-3-5-12(11)27-16/h2-5,8H,6-7,9H2,1H3,(H,19,22,23). The highest BCUT2D eigenvalue weighted by Gasteiger charge is 2.12. The van der Waals surface area contributed by atoms with Gasteiger partial charge < -0.3 is 14.3 Å². The van der Waals surface area contributed by atoms with Crippen molar-refractivity contribution < 1.29 is 13.7 Å². The maximum absolute atomic E-state index is 11.9. The summed E-state index contributed by atoms with van der Waals surface area (Å²) in [5.41, 5.74) is 1.01. The minimum Gasteiger partial charge on any atom is -0.416 e. The third-order valence-electron chi connectivity index (χ3n) is 3.56. The van der Waals surface area contributed by atoms with Crippen LogP contribution >= 0.6 is 23.1 Å². The smallest absolute Gasteiger partial charge is 0.277 e. The van der Waals surface area contributed by atoms with Gasteiger partial charge in [-0.15, -0.1) is 21.5 Å². The average Bonchev–Trinajstić information content (AvgIpc) is 3.37. The predicted octanol–water partition coefficient (Wildman–Crippen LogP) is 3.49. The van der Waals surface area contributed by atoms with E-state index in [-0.39, 0.29) is 11.7 Å². The second kappa shape index (κ2) is 7.89. The molecule has 0 spiro atoms. The van der Waals surface area contributed by atoms with Crippen molar-refractivity contribution in [2.24, 2.45) is 0 Å². The highest BCUT2D eigenvalue weighted by Crippen LogP contribution is 2.23. The summed E-state index contributed by atoms with van der Waals surface area (Å²) in [5, 5.41) is 15.7. The van der Waals surface area contributed by atoms with E-state index < -0.39 is 0 Å². The number of para-hydroxylation sites is 1. The van der Waals surface area contributed by atoms with Crippen LogP contribution in [0, 0.1) is 6.92 Å². The molecular formula is C17H15N5O3S2. The average molecular weight is 401 g/mol. The largest absolute Gasteiger partial charge is 0.416 e. The zero-order valence-corrected chi connectivity index (χ0v) is 16.0. The first-order valence-corrected chi connectivity index (χ1v) is 9.99. The number of benzene rings is 1. The molecule has 0 bridgehead atoms. The molecule has 8 nitrogen and oxygen atoms in total. The number of fused-ring (bicyclic) bond motifs is 1. The molecule has 27 heavy (non-hydrogen) atoms. The van der Waals surface area contributed by atoms with Crippen molar-refractivity contribution in [3.8, 4) is 0 Å². The van der Waals surface area contributed by atoms with E-state index in [9.17, 15) is 4.79 Å². The van der Waals surface area contributed by atoms with E-state index in [2.05, 4.69) is 31.7 Å². The number of anilines is 1. The summed E-state index contributed by atoms with van der Waals surface area (Å²) in [7, 11) is 0. The summed E-state index contributed by atoms with van der Waals surface area (Å²) >= 11 is 2.84. The molecule has 0 unspecified atom stereocenters. The van der Waals surface area contributed by atoms with Gasteiger partial charge in [0.15, 0.2) is 5.82 Å². The number of nitrogens with zero attached hydrogens (tertiary/aromatic N) is 4. The van der Waals surface area contributed by atoms with E-state index in [0.29, 0.717) is 29.1 Å². The number of thiazole rings is 1. The van der Waals surface area contributed by atoms with Crippen LogP contribution in [0.5, 0.6) is 0 Å². The lowest BCUT2D eigenvalue weighted by Gasteiger charge is -1.98. The first-order chi connectivity index (χ1) is 13.2. The molecule has 0 atom stereocenters. The van der Waals surface area contributed by atoms with Gasteiger partial charge in [0.1, 0.15) is 5.76 Å². The molecule has 3 heterocycles. The fourth-order valence-corrected chi connectivity index (χ4v) is 3.92. The second-order valence-corrected chi connectivity index (χ2v) is 7.74. The Morgan fingerprint density at radius 3 is 2.96 bits per heavy atom. The highest BCUT2D eigenvalue weighted by atomic mass is 32.2. The van der Waals surface area contributed by atoms with Crippen molar-refractivity contribution in [1.82, 2.24) is 20.3 Å². The number of hydrogen-bond donors (Lipinski definition) is 1. The molecule has 0 aliphatic carbocycles. The third-order valence-corrected chi connectivity index (χ3v) is 5.48. The van der Waals surface area contributed by atoms with Gasteiger partial charge in [0, 0.05) is 18.9 Å². The van der Waals surface area contributed by atoms with Crippen molar-refractivity contribution in [2.45, 2.75) is 25.0 Å². The van der Waals surface area contributed by atoms with Crippen molar-refractivity contribution in [2.75, 3.05) is 11.1 Å². The minimum absolute atomic E-state index is 0.144. The predicted molar refractivity (Wildman–Crippen MR) is 102 cm³/mol. The molecule has 0 aliphatic heterocycles. The molecular weight excluding hydrogens is 386 g/mol. The molecule has 0 saturated carbocycles. The number of thioether (sulfide) groups is 1. The van der Waals surface area contributed by atoms with E-state index in [1.54, 1.807) is 24.3 Å². The normalized spacial score (nSPS) is 11.1. The molecule has 1 aromatic carbocycles. The molecule has 138 valence electrons. The Balaban J connectivity index is 1.27. The Morgan fingerprint density at radius 1 is 1.26 bits per heavy atom. The Labute approximate surface area is 162 Å². The van der Waals surface area contributed by atoms with Crippen molar-refractivity contribution in [1.29, 1.82) is 0 Å². The first kappa shape index (κ1) is 17.7. The van der Waals surface area contributed by atoms with Gasteiger partial charge in [-0.05, 0) is 19.1 Å². The molecule has 0 fully saturated rings. The van der Waals surface area contributed by atoms with Gasteiger partial charge in [0.2, 0.25) is 11.8 Å². The molecule has 4 aromatic rings. The molecule has 1 amide bonds. The number of hydrogen-bond acceptors (Lipinski definition) is 9. The topological polar surface area (TPSA) is 107 Å². The second-order valence-electron chi connectivity index (χ2n) is 5.70. The summed E-state index contributed by atoms with van der Waals surface area (Å²) in [5.74, 6) is 1.48. The van der Waals surface area contributed by atoms with Crippen LogP contribution in [-0.4, -0.2) is 32.0 Å². The SMILES string of the molecule is Cc1cc(NC(=O)CSc2nnc(CCc3nc4ccccc4s3)o2)no1. The number of carbonyl (C=O) groups is 1. The molecule has 4 rings (SSSR count). The van der Waals surface area contributed by atoms with Gasteiger partial charge in [-0.25, -0.2) is 4.98 Å². The van der Waals surface area contributed by atoms with Gasteiger partial charge in [-0.2, -0.15) is 0 Å². The van der Waals surface area contributed by atoms with Crippen LogP contribution in [0.4, 0.5) is 5.82 Å². The van der Waals surface area contributed by atoms with Crippen molar-refractivity contribution in [3.05, 3.63) is 47.0 Å². The Morgan fingerprint density at radius 2 is 2.15 bits per heavy atom. The maximum Gasteiger partial charge on any atom is 0.277 e. The lowest BCUT2D eigenvalue weighted by Crippen LogP contribution is -2.14. The van der Waals surface area contributed by atoms with Crippen LogP contribution in [0.3, 0.4) is 0 Å². The monoisotopic (exact) mass is 401 g/mol.